The third-order valence-corrected chi connectivity index (χ3v) is 6.12. The lowest BCUT2D eigenvalue weighted by Gasteiger charge is -2.33. The molecule has 1 heterocycles. The number of sulfone groups is 1. The molecular weight excluding hydrogens is 278 g/mol. The van der Waals surface area contributed by atoms with Crippen molar-refractivity contribution in [2.75, 3.05) is 13.7 Å². The van der Waals surface area contributed by atoms with Gasteiger partial charge in [-0.3, -0.25) is 4.79 Å². The minimum absolute atomic E-state index is 0.106. The number of methoxy groups -OCH3 is 1. The Morgan fingerprint density at radius 2 is 1.95 bits per heavy atom. The first-order valence-electron chi connectivity index (χ1n) is 6.57. The number of piperidine rings is 1. The number of hydrogen-bond donors (Lipinski definition) is 1. The van der Waals surface area contributed by atoms with E-state index in [0.29, 0.717) is 11.3 Å². The summed E-state index contributed by atoms with van der Waals surface area (Å²) >= 11 is 0. The van der Waals surface area contributed by atoms with Crippen LogP contribution < -0.4 is 5.32 Å². The highest BCUT2D eigenvalue weighted by Crippen LogP contribution is 2.27. The number of carbonyl (C=O) groups excluding carboxylic acids is 1. The van der Waals surface area contributed by atoms with Gasteiger partial charge in [0.05, 0.1) is 17.3 Å². The lowest BCUT2D eigenvalue weighted by Crippen LogP contribution is -2.52. The van der Waals surface area contributed by atoms with Crippen molar-refractivity contribution in [2.45, 2.75) is 29.5 Å². The van der Waals surface area contributed by atoms with Gasteiger partial charge in [-0.25, -0.2) is 8.42 Å². The summed E-state index contributed by atoms with van der Waals surface area (Å²) in [6.45, 7) is 2.13. The molecule has 1 N–H and O–H groups in total. The zero-order valence-electron chi connectivity index (χ0n) is 11.6. The molecule has 5 nitrogen and oxygen atoms in total. The minimum Gasteiger partial charge on any atom is -0.468 e. The molecular formula is C14H19NO4S. The Hall–Kier alpha value is -1.40. The molecule has 6 heteroatoms. The van der Waals surface area contributed by atoms with Gasteiger partial charge in [0.25, 0.3) is 0 Å². The fraction of sp³-hybridized carbons (Fsp3) is 0.500. The van der Waals surface area contributed by atoms with Crippen LogP contribution in [0.3, 0.4) is 0 Å². The minimum atomic E-state index is -3.38. The van der Waals surface area contributed by atoms with Crippen molar-refractivity contribution in [1.29, 1.82) is 0 Å². The van der Waals surface area contributed by atoms with Crippen LogP contribution in [0.5, 0.6) is 0 Å². The van der Waals surface area contributed by atoms with E-state index >= 15 is 0 Å². The second-order valence-corrected chi connectivity index (χ2v) is 7.26. The summed E-state index contributed by atoms with van der Waals surface area (Å²) in [5.74, 6) is -0.446. The molecule has 1 aliphatic heterocycles. The first kappa shape index (κ1) is 15.0. The number of carbonyl (C=O) groups is 1. The van der Waals surface area contributed by atoms with Gasteiger partial charge < -0.3 is 10.1 Å². The van der Waals surface area contributed by atoms with Gasteiger partial charge in [-0.15, -0.1) is 0 Å². The molecule has 1 aromatic carbocycles. The molecule has 0 bridgehead atoms. The van der Waals surface area contributed by atoms with E-state index < -0.39 is 21.1 Å². The highest BCUT2D eigenvalue weighted by atomic mass is 32.2. The summed E-state index contributed by atoms with van der Waals surface area (Å²) in [6.07, 6.45) is 0.462. The highest BCUT2D eigenvalue weighted by Gasteiger charge is 2.39. The van der Waals surface area contributed by atoms with Crippen LogP contribution in [0.2, 0.25) is 0 Å². The van der Waals surface area contributed by atoms with Crippen LogP contribution in [0.25, 0.3) is 0 Å². The standard InChI is InChI=1S/C14H19NO4S/c1-10-8-12(14(16)19-2)15-9-13(10)20(17,18)11-6-4-3-5-7-11/h3-7,10,12-13,15H,8-9H2,1-2H3/t10-,12+,13-/m1/s1. The molecule has 20 heavy (non-hydrogen) atoms. The van der Waals surface area contributed by atoms with Gasteiger partial charge >= 0.3 is 5.97 Å². The van der Waals surface area contributed by atoms with Crippen LogP contribution in [0.15, 0.2) is 35.2 Å². The zero-order valence-corrected chi connectivity index (χ0v) is 12.4. The summed E-state index contributed by atoms with van der Waals surface area (Å²) in [5.41, 5.74) is 0. The van der Waals surface area contributed by atoms with Crippen molar-refractivity contribution >= 4 is 15.8 Å². The van der Waals surface area contributed by atoms with Crippen LogP contribution in [-0.4, -0.2) is 39.3 Å². The van der Waals surface area contributed by atoms with Crippen LogP contribution in [-0.2, 0) is 19.4 Å². The van der Waals surface area contributed by atoms with E-state index in [-0.39, 0.29) is 18.4 Å². The van der Waals surface area contributed by atoms with Crippen molar-refractivity contribution in [3.8, 4) is 0 Å². The number of benzene rings is 1. The molecule has 0 aromatic heterocycles. The monoisotopic (exact) mass is 297 g/mol. The predicted molar refractivity (Wildman–Crippen MR) is 75.0 cm³/mol. The smallest absolute Gasteiger partial charge is 0.322 e. The second-order valence-electron chi connectivity index (χ2n) is 5.09. The quantitative estimate of drug-likeness (QED) is 0.843. The van der Waals surface area contributed by atoms with Crippen LogP contribution in [0.1, 0.15) is 13.3 Å². The molecule has 0 saturated carbocycles. The van der Waals surface area contributed by atoms with E-state index in [4.69, 9.17) is 4.74 Å². The van der Waals surface area contributed by atoms with Crippen LogP contribution in [0.4, 0.5) is 0 Å². The van der Waals surface area contributed by atoms with Crippen molar-refractivity contribution in [1.82, 2.24) is 5.32 Å². The Bertz CT molecular complexity index is 570. The Morgan fingerprint density at radius 1 is 1.30 bits per heavy atom. The molecule has 0 radical (unpaired) electrons. The fourth-order valence-corrected chi connectivity index (χ4v) is 4.51. The Balaban J connectivity index is 2.17. The van der Waals surface area contributed by atoms with Gasteiger partial charge in [0.2, 0.25) is 0 Å². The maximum atomic E-state index is 12.6. The van der Waals surface area contributed by atoms with Gasteiger partial charge in [0.1, 0.15) is 6.04 Å². The van der Waals surface area contributed by atoms with Crippen LogP contribution >= 0.6 is 0 Å². The summed E-state index contributed by atoms with van der Waals surface area (Å²) in [7, 11) is -2.05. The first-order chi connectivity index (χ1) is 9.46. The Morgan fingerprint density at radius 3 is 2.50 bits per heavy atom. The fourth-order valence-electron chi connectivity index (χ4n) is 2.59. The second kappa shape index (κ2) is 5.93. The third kappa shape index (κ3) is 2.86. The number of rotatable bonds is 3. The molecule has 1 aliphatic rings. The molecule has 0 spiro atoms. The van der Waals surface area contributed by atoms with Crippen molar-refractivity contribution < 1.29 is 17.9 Å². The zero-order chi connectivity index (χ0) is 14.8. The van der Waals surface area contributed by atoms with E-state index in [9.17, 15) is 13.2 Å². The third-order valence-electron chi connectivity index (χ3n) is 3.76. The first-order valence-corrected chi connectivity index (χ1v) is 8.11. The normalized spacial score (nSPS) is 27.0. The molecule has 110 valence electrons. The maximum absolute atomic E-state index is 12.6. The Labute approximate surface area is 119 Å². The molecule has 0 unspecified atom stereocenters. The molecule has 0 amide bonds. The van der Waals surface area contributed by atoms with E-state index in [2.05, 4.69) is 5.32 Å². The lowest BCUT2D eigenvalue weighted by molar-refractivity contribution is -0.144. The predicted octanol–water partition coefficient (Wildman–Crippen LogP) is 1.000. The van der Waals surface area contributed by atoms with Gasteiger partial charge in [0.15, 0.2) is 9.84 Å². The SMILES string of the molecule is COC(=O)[C@@H]1C[C@@H](C)[C@H](S(=O)(=O)c2ccccc2)CN1. The molecule has 1 saturated heterocycles. The summed E-state index contributed by atoms with van der Waals surface area (Å²) < 4.78 is 29.9. The molecule has 2 rings (SSSR count). The largest absolute Gasteiger partial charge is 0.468 e. The molecule has 0 aliphatic carbocycles. The van der Waals surface area contributed by atoms with Gasteiger partial charge in [-0.2, -0.15) is 0 Å². The molecule has 3 atom stereocenters. The summed E-state index contributed by atoms with van der Waals surface area (Å²) in [5, 5.41) is 2.45. The Kier molecular flexibility index (Phi) is 4.45. The topological polar surface area (TPSA) is 72.5 Å². The van der Waals surface area contributed by atoms with Gasteiger partial charge in [0, 0.05) is 6.54 Å². The summed E-state index contributed by atoms with van der Waals surface area (Å²) in [4.78, 5) is 11.8. The van der Waals surface area contributed by atoms with E-state index in [1.807, 2.05) is 6.92 Å². The van der Waals surface area contributed by atoms with Gasteiger partial charge in [-0.1, -0.05) is 25.1 Å². The maximum Gasteiger partial charge on any atom is 0.322 e. The van der Waals surface area contributed by atoms with E-state index in [1.54, 1.807) is 30.3 Å². The average Bonchev–Trinajstić information content (AvgIpc) is 2.47. The average molecular weight is 297 g/mol. The van der Waals surface area contributed by atoms with Gasteiger partial charge in [-0.05, 0) is 24.5 Å². The van der Waals surface area contributed by atoms with E-state index in [1.165, 1.54) is 7.11 Å². The molecule has 1 fully saturated rings. The highest BCUT2D eigenvalue weighted by molar-refractivity contribution is 7.92. The van der Waals surface area contributed by atoms with Crippen molar-refractivity contribution in [3.63, 3.8) is 0 Å². The number of nitrogens with one attached hydrogen (secondary N) is 1. The number of hydrogen-bond acceptors (Lipinski definition) is 5. The summed E-state index contributed by atoms with van der Waals surface area (Å²) in [6, 6.07) is 8.01. The number of ether oxygens (including phenoxy) is 1. The molecule has 1 aromatic rings. The van der Waals surface area contributed by atoms with Crippen LogP contribution in [0, 0.1) is 5.92 Å². The lowest BCUT2D eigenvalue weighted by atomic mass is 9.94. The number of esters is 1. The van der Waals surface area contributed by atoms with Crippen molar-refractivity contribution in [2.24, 2.45) is 5.92 Å². The van der Waals surface area contributed by atoms with E-state index in [0.717, 1.165) is 0 Å². The van der Waals surface area contributed by atoms with Crippen molar-refractivity contribution in [3.05, 3.63) is 30.3 Å².